The van der Waals surface area contributed by atoms with Gasteiger partial charge in [0, 0.05) is 19.3 Å². The standard InChI is InChI=1S/C36H62O3/c1-2-36(30-37-33-24-18-12-6-3-7-13-19-25-33,31-38-34-26-20-14-8-4-9-15-21-27-34)32-39-35-28-22-16-10-5-11-17-23-29-35/h24,26,28H,2-23,25,27,29-32H2,1H3. The van der Waals surface area contributed by atoms with Crippen molar-refractivity contribution in [1.82, 2.24) is 0 Å². The molecule has 0 heterocycles. The van der Waals surface area contributed by atoms with Gasteiger partial charge in [0.25, 0.3) is 0 Å². The molecule has 0 fully saturated rings. The summed E-state index contributed by atoms with van der Waals surface area (Å²) in [5, 5.41) is 0. The van der Waals surface area contributed by atoms with Gasteiger partial charge in [-0.3, -0.25) is 0 Å². The van der Waals surface area contributed by atoms with Crippen LogP contribution in [0.3, 0.4) is 0 Å². The van der Waals surface area contributed by atoms with Gasteiger partial charge in [0.1, 0.15) is 0 Å². The molecule has 0 saturated heterocycles. The van der Waals surface area contributed by atoms with Gasteiger partial charge in [-0.05, 0) is 82.4 Å². The van der Waals surface area contributed by atoms with Crippen LogP contribution in [0.25, 0.3) is 0 Å². The van der Waals surface area contributed by atoms with E-state index in [1.165, 1.54) is 133 Å². The van der Waals surface area contributed by atoms with Crippen LogP contribution in [0.15, 0.2) is 35.5 Å². The Kier molecular flexibility index (Phi) is 16.9. The Morgan fingerprint density at radius 3 is 1.03 bits per heavy atom. The maximum Gasteiger partial charge on any atom is 0.0998 e. The number of hydrogen-bond acceptors (Lipinski definition) is 3. The molecule has 0 bridgehead atoms. The Hall–Kier alpha value is -1.38. The number of hydrogen-bond donors (Lipinski definition) is 0. The van der Waals surface area contributed by atoms with E-state index in [1.807, 2.05) is 0 Å². The zero-order valence-electron chi connectivity index (χ0n) is 25.8. The minimum Gasteiger partial charge on any atom is -0.497 e. The second-order valence-electron chi connectivity index (χ2n) is 12.7. The molecule has 0 atom stereocenters. The SMILES string of the molecule is CCC(COC1=CCCCCCCCC1)(COC1=CCCCCCCCC1)COC1=CCCCCCCCC1. The highest BCUT2D eigenvalue weighted by molar-refractivity contribution is 4.99. The summed E-state index contributed by atoms with van der Waals surface area (Å²) in [4.78, 5) is 0. The Balaban J connectivity index is 1.68. The lowest BCUT2D eigenvalue weighted by Gasteiger charge is -2.34. The molecule has 0 amide bonds. The molecule has 3 nitrogen and oxygen atoms in total. The van der Waals surface area contributed by atoms with Crippen molar-refractivity contribution in [3.05, 3.63) is 35.5 Å². The lowest BCUT2D eigenvalue weighted by Crippen LogP contribution is -2.36. The van der Waals surface area contributed by atoms with Gasteiger partial charge in [-0.25, -0.2) is 0 Å². The van der Waals surface area contributed by atoms with Crippen LogP contribution < -0.4 is 0 Å². The lowest BCUT2D eigenvalue weighted by atomic mass is 9.87. The normalized spacial score (nSPS) is 23.2. The molecule has 224 valence electrons. The van der Waals surface area contributed by atoms with E-state index in [0.29, 0.717) is 19.8 Å². The summed E-state index contributed by atoms with van der Waals surface area (Å²) in [7, 11) is 0. The second kappa shape index (κ2) is 20.5. The zero-order valence-corrected chi connectivity index (χ0v) is 25.8. The summed E-state index contributed by atoms with van der Waals surface area (Å²) in [5.74, 6) is 3.64. The minimum atomic E-state index is -0.136. The molecule has 0 saturated carbocycles. The monoisotopic (exact) mass is 542 g/mol. The van der Waals surface area contributed by atoms with Crippen molar-refractivity contribution >= 4 is 0 Å². The first-order valence-electron chi connectivity index (χ1n) is 17.3. The topological polar surface area (TPSA) is 27.7 Å². The van der Waals surface area contributed by atoms with E-state index < -0.39 is 0 Å². The van der Waals surface area contributed by atoms with Gasteiger partial charge < -0.3 is 14.2 Å². The van der Waals surface area contributed by atoms with Crippen molar-refractivity contribution in [2.24, 2.45) is 5.41 Å². The lowest BCUT2D eigenvalue weighted by molar-refractivity contribution is -0.0343. The molecule has 3 aliphatic rings. The average Bonchev–Trinajstić information content (AvgIpc) is 2.98. The van der Waals surface area contributed by atoms with E-state index in [2.05, 4.69) is 25.2 Å². The van der Waals surface area contributed by atoms with E-state index in [-0.39, 0.29) is 5.41 Å². The third kappa shape index (κ3) is 14.2. The summed E-state index contributed by atoms with van der Waals surface area (Å²) < 4.78 is 20.0. The molecule has 39 heavy (non-hydrogen) atoms. The van der Waals surface area contributed by atoms with Gasteiger partial charge in [0.2, 0.25) is 0 Å². The fraction of sp³-hybridized carbons (Fsp3) is 0.833. The van der Waals surface area contributed by atoms with Gasteiger partial charge >= 0.3 is 0 Å². The fourth-order valence-corrected chi connectivity index (χ4v) is 6.11. The van der Waals surface area contributed by atoms with Gasteiger partial charge in [0.15, 0.2) is 0 Å². The predicted octanol–water partition coefficient (Wildman–Crippen LogP) is 11.5. The first-order valence-corrected chi connectivity index (χ1v) is 17.3. The summed E-state index contributed by atoms with van der Waals surface area (Å²) in [6, 6.07) is 0. The molecule has 3 heteroatoms. The Bertz CT molecular complexity index is 626. The van der Waals surface area contributed by atoms with Crippen LogP contribution >= 0.6 is 0 Å². The molecular weight excluding hydrogens is 480 g/mol. The highest BCUT2D eigenvalue weighted by Gasteiger charge is 2.33. The first kappa shape index (κ1) is 32.1. The Labute approximate surface area is 242 Å². The second-order valence-corrected chi connectivity index (χ2v) is 12.7. The van der Waals surface area contributed by atoms with Crippen LogP contribution in [0.4, 0.5) is 0 Å². The van der Waals surface area contributed by atoms with E-state index >= 15 is 0 Å². The average molecular weight is 543 g/mol. The van der Waals surface area contributed by atoms with Crippen LogP contribution in [-0.4, -0.2) is 19.8 Å². The highest BCUT2D eigenvalue weighted by atomic mass is 16.5. The van der Waals surface area contributed by atoms with Gasteiger partial charge in [-0.2, -0.15) is 0 Å². The van der Waals surface area contributed by atoms with Crippen molar-refractivity contribution < 1.29 is 14.2 Å². The number of rotatable bonds is 10. The van der Waals surface area contributed by atoms with Crippen LogP contribution in [0, 0.1) is 5.41 Å². The number of ether oxygens (including phenoxy) is 3. The van der Waals surface area contributed by atoms with Gasteiger partial charge in [0.05, 0.1) is 42.5 Å². The van der Waals surface area contributed by atoms with E-state index in [1.54, 1.807) is 0 Å². The smallest absolute Gasteiger partial charge is 0.0998 e. The van der Waals surface area contributed by atoms with Crippen molar-refractivity contribution in [3.63, 3.8) is 0 Å². The third-order valence-electron chi connectivity index (χ3n) is 9.19. The third-order valence-corrected chi connectivity index (χ3v) is 9.19. The van der Waals surface area contributed by atoms with Gasteiger partial charge in [-0.15, -0.1) is 0 Å². The molecular formula is C36H62O3. The molecule has 0 N–H and O–H groups in total. The summed E-state index contributed by atoms with van der Waals surface area (Å²) in [6.07, 6.45) is 38.8. The Morgan fingerprint density at radius 1 is 0.436 bits per heavy atom. The van der Waals surface area contributed by atoms with Crippen molar-refractivity contribution in [1.29, 1.82) is 0 Å². The molecule has 0 aromatic carbocycles. The molecule has 0 aromatic heterocycles. The molecule has 0 unspecified atom stereocenters. The molecule has 0 spiro atoms. The van der Waals surface area contributed by atoms with E-state index in [4.69, 9.17) is 14.2 Å². The van der Waals surface area contributed by atoms with Crippen LogP contribution in [0.1, 0.15) is 167 Å². The molecule has 0 aromatic rings. The maximum absolute atomic E-state index is 6.68. The summed E-state index contributed by atoms with van der Waals surface area (Å²) >= 11 is 0. The molecule has 0 radical (unpaired) electrons. The van der Waals surface area contributed by atoms with Crippen molar-refractivity contribution in [2.75, 3.05) is 19.8 Å². The van der Waals surface area contributed by atoms with E-state index in [0.717, 1.165) is 44.9 Å². The minimum absolute atomic E-state index is 0.136. The number of allylic oxidation sites excluding steroid dienone is 6. The molecule has 3 aliphatic carbocycles. The van der Waals surface area contributed by atoms with Crippen LogP contribution in [-0.2, 0) is 14.2 Å². The first-order chi connectivity index (χ1) is 19.3. The maximum atomic E-state index is 6.68. The molecule has 0 aliphatic heterocycles. The zero-order chi connectivity index (χ0) is 27.3. The predicted molar refractivity (Wildman–Crippen MR) is 166 cm³/mol. The summed E-state index contributed by atoms with van der Waals surface area (Å²) in [6.45, 7) is 4.38. The van der Waals surface area contributed by atoms with Crippen LogP contribution in [0.2, 0.25) is 0 Å². The Morgan fingerprint density at radius 2 is 0.718 bits per heavy atom. The fourth-order valence-electron chi connectivity index (χ4n) is 6.11. The molecule has 3 rings (SSSR count). The quantitative estimate of drug-likeness (QED) is 0.275. The van der Waals surface area contributed by atoms with E-state index in [9.17, 15) is 0 Å². The highest BCUT2D eigenvalue weighted by Crippen LogP contribution is 2.31. The largest absolute Gasteiger partial charge is 0.497 e. The van der Waals surface area contributed by atoms with Crippen molar-refractivity contribution in [3.8, 4) is 0 Å². The summed E-state index contributed by atoms with van der Waals surface area (Å²) in [5.41, 5.74) is -0.136. The van der Waals surface area contributed by atoms with Crippen molar-refractivity contribution in [2.45, 2.75) is 167 Å². The van der Waals surface area contributed by atoms with Crippen LogP contribution in [0.5, 0.6) is 0 Å². The van der Waals surface area contributed by atoms with Gasteiger partial charge in [-0.1, -0.05) is 84.0 Å².